The number of carbonyl (C=O) groups is 2. The molecule has 0 radical (unpaired) electrons. The highest BCUT2D eigenvalue weighted by molar-refractivity contribution is 6.76. The molecule has 164 valence electrons. The van der Waals surface area contributed by atoms with Gasteiger partial charge in [-0.1, -0.05) is 19.6 Å². The van der Waals surface area contributed by atoms with Gasteiger partial charge in [-0.15, -0.1) is 0 Å². The highest BCUT2D eigenvalue weighted by Gasteiger charge is 2.30. The van der Waals surface area contributed by atoms with Gasteiger partial charge in [0, 0.05) is 39.9 Å². The van der Waals surface area contributed by atoms with Crippen LogP contribution in [0.5, 0.6) is 0 Å². The molecule has 3 rings (SSSR count). The molecule has 2 aromatic rings. The zero-order valence-corrected chi connectivity index (χ0v) is 19.2. The average molecular weight is 433 g/mol. The number of ether oxygens (including phenoxy) is 1. The minimum Gasteiger partial charge on any atom is -0.361 e. The van der Waals surface area contributed by atoms with E-state index in [1.165, 1.54) is 0 Å². The van der Waals surface area contributed by atoms with Crippen LogP contribution in [-0.4, -0.2) is 54.2 Å². The molecule has 1 saturated carbocycles. The van der Waals surface area contributed by atoms with E-state index in [4.69, 9.17) is 4.74 Å². The summed E-state index contributed by atoms with van der Waals surface area (Å²) >= 11 is 0. The number of nitrogens with zero attached hydrogens (tertiary/aromatic N) is 3. The zero-order chi connectivity index (χ0) is 21.7. The second kappa shape index (κ2) is 9.56. The van der Waals surface area contributed by atoms with E-state index >= 15 is 0 Å². The van der Waals surface area contributed by atoms with Gasteiger partial charge in [-0.2, -0.15) is 0 Å². The SMILES string of the molecule is CNC(=O)C1CCC(NC(=O)Nc2cnc3c(ccn3COCC[Si](C)(C)C)n2)C1. The van der Waals surface area contributed by atoms with Crippen LogP contribution in [0.15, 0.2) is 18.5 Å². The van der Waals surface area contributed by atoms with Crippen LogP contribution >= 0.6 is 0 Å². The van der Waals surface area contributed by atoms with Gasteiger partial charge in [-0.05, 0) is 31.4 Å². The summed E-state index contributed by atoms with van der Waals surface area (Å²) in [5.41, 5.74) is 1.42. The number of fused-ring (bicyclic) bond motifs is 1. The molecule has 2 aromatic heterocycles. The van der Waals surface area contributed by atoms with Crippen molar-refractivity contribution < 1.29 is 14.3 Å². The molecule has 0 aliphatic heterocycles. The van der Waals surface area contributed by atoms with Crippen molar-refractivity contribution >= 4 is 37.0 Å². The van der Waals surface area contributed by atoms with Crippen molar-refractivity contribution in [3.05, 3.63) is 18.5 Å². The van der Waals surface area contributed by atoms with Crippen LogP contribution in [0.3, 0.4) is 0 Å². The van der Waals surface area contributed by atoms with Gasteiger partial charge in [-0.25, -0.2) is 14.8 Å². The Morgan fingerprint density at radius 2 is 2.10 bits per heavy atom. The monoisotopic (exact) mass is 432 g/mol. The molecule has 0 bridgehead atoms. The van der Waals surface area contributed by atoms with Crippen LogP contribution in [0.2, 0.25) is 25.7 Å². The number of urea groups is 1. The van der Waals surface area contributed by atoms with Crippen molar-refractivity contribution in [3.8, 4) is 0 Å². The van der Waals surface area contributed by atoms with Gasteiger partial charge in [-0.3, -0.25) is 10.1 Å². The summed E-state index contributed by atoms with van der Waals surface area (Å²) in [7, 11) is 0.527. The smallest absolute Gasteiger partial charge is 0.320 e. The predicted molar refractivity (Wildman–Crippen MR) is 119 cm³/mol. The van der Waals surface area contributed by atoms with Gasteiger partial charge in [0.25, 0.3) is 0 Å². The van der Waals surface area contributed by atoms with Gasteiger partial charge in [0.15, 0.2) is 11.5 Å². The molecule has 0 spiro atoms. The molecule has 10 heteroatoms. The fourth-order valence-electron chi connectivity index (χ4n) is 3.56. The Balaban J connectivity index is 1.51. The third kappa shape index (κ3) is 6.02. The van der Waals surface area contributed by atoms with Crippen LogP contribution in [0.1, 0.15) is 19.3 Å². The Bertz CT molecular complexity index is 894. The fraction of sp³-hybridized carbons (Fsp3) is 0.600. The Hall–Kier alpha value is -2.46. The van der Waals surface area contributed by atoms with Crippen LogP contribution in [0, 0.1) is 5.92 Å². The van der Waals surface area contributed by atoms with Crippen LogP contribution in [0.25, 0.3) is 11.2 Å². The van der Waals surface area contributed by atoms with E-state index in [0.717, 1.165) is 31.1 Å². The van der Waals surface area contributed by atoms with Gasteiger partial charge < -0.3 is 19.9 Å². The molecule has 0 aromatic carbocycles. The summed E-state index contributed by atoms with van der Waals surface area (Å²) in [6.45, 7) is 8.15. The van der Waals surface area contributed by atoms with Crippen molar-refractivity contribution in [3.63, 3.8) is 0 Å². The van der Waals surface area contributed by atoms with E-state index in [1.54, 1.807) is 13.2 Å². The fourth-order valence-corrected chi connectivity index (χ4v) is 4.32. The third-order valence-electron chi connectivity index (χ3n) is 5.32. The average Bonchev–Trinajstić information content (AvgIpc) is 3.30. The molecular weight excluding hydrogens is 400 g/mol. The summed E-state index contributed by atoms with van der Waals surface area (Å²) in [5, 5.41) is 8.32. The van der Waals surface area contributed by atoms with Crippen molar-refractivity contribution in [2.24, 2.45) is 5.92 Å². The highest BCUT2D eigenvalue weighted by atomic mass is 28.3. The normalized spacial score (nSPS) is 19.1. The lowest BCUT2D eigenvalue weighted by molar-refractivity contribution is -0.124. The number of aromatic nitrogens is 3. The number of anilines is 1. The Morgan fingerprint density at radius 1 is 1.30 bits per heavy atom. The number of hydrogen-bond acceptors (Lipinski definition) is 5. The molecule has 2 unspecified atom stereocenters. The third-order valence-corrected chi connectivity index (χ3v) is 7.02. The lowest BCUT2D eigenvalue weighted by Gasteiger charge is -2.15. The molecule has 3 N–H and O–H groups in total. The maximum absolute atomic E-state index is 12.3. The summed E-state index contributed by atoms with van der Waals surface area (Å²) in [6, 6.07) is 2.63. The Kier molecular flexibility index (Phi) is 7.09. The number of carbonyl (C=O) groups excluding carboxylic acids is 2. The van der Waals surface area contributed by atoms with E-state index < -0.39 is 8.07 Å². The van der Waals surface area contributed by atoms with E-state index in [1.807, 2.05) is 16.8 Å². The summed E-state index contributed by atoms with van der Waals surface area (Å²) in [6.07, 6.45) is 5.65. The van der Waals surface area contributed by atoms with Crippen molar-refractivity contribution in [2.75, 3.05) is 19.0 Å². The first-order valence-corrected chi connectivity index (χ1v) is 14.1. The standard InChI is InChI=1S/C20H32N6O3Si/c1-21-19(27)14-5-6-15(11-14)23-20(28)25-17-12-22-18-16(24-17)7-8-26(18)13-29-9-10-30(2,3)4/h7-8,12,14-15H,5-6,9-11,13H2,1-4H3,(H,21,27)(H2,23,24,25,28). The molecule has 3 amide bonds. The lowest BCUT2D eigenvalue weighted by Crippen LogP contribution is -2.37. The molecule has 1 aliphatic carbocycles. The molecule has 2 atom stereocenters. The Morgan fingerprint density at radius 3 is 2.83 bits per heavy atom. The molecule has 0 saturated heterocycles. The van der Waals surface area contributed by atoms with Gasteiger partial charge in [0.2, 0.25) is 5.91 Å². The largest absolute Gasteiger partial charge is 0.361 e. The Labute approximate surface area is 178 Å². The first kappa shape index (κ1) is 22.2. The highest BCUT2D eigenvalue weighted by Crippen LogP contribution is 2.25. The van der Waals surface area contributed by atoms with Crippen molar-refractivity contribution in [1.29, 1.82) is 0 Å². The molecule has 9 nitrogen and oxygen atoms in total. The van der Waals surface area contributed by atoms with Crippen LogP contribution in [-0.2, 0) is 16.3 Å². The zero-order valence-electron chi connectivity index (χ0n) is 18.2. The van der Waals surface area contributed by atoms with E-state index in [9.17, 15) is 9.59 Å². The summed E-state index contributed by atoms with van der Waals surface area (Å²) in [5.74, 6) is 0.382. The van der Waals surface area contributed by atoms with E-state index in [0.29, 0.717) is 24.5 Å². The number of rotatable bonds is 8. The summed E-state index contributed by atoms with van der Waals surface area (Å²) in [4.78, 5) is 32.9. The van der Waals surface area contributed by atoms with Gasteiger partial charge in [0.05, 0.1) is 6.20 Å². The maximum atomic E-state index is 12.3. The molecule has 1 fully saturated rings. The number of hydrogen-bond donors (Lipinski definition) is 3. The van der Waals surface area contributed by atoms with E-state index in [-0.39, 0.29) is 23.9 Å². The quantitative estimate of drug-likeness (QED) is 0.439. The van der Waals surface area contributed by atoms with Crippen molar-refractivity contribution in [1.82, 2.24) is 25.2 Å². The van der Waals surface area contributed by atoms with Gasteiger partial charge >= 0.3 is 6.03 Å². The second-order valence-corrected chi connectivity index (χ2v) is 14.6. The van der Waals surface area contributed by atoms with Gasteiger partial charge in [0.1, 0.15) is 12.2 Å². The van der Waals surface area contributed by atoms with Crippen molar-refractivity contribution in [2.45, 2.75) is 57.7 Å². The number of nitrogens with one attached hydrogen (secondary N) is 3. The summed E-state index contributed by atoms with van der Waals surface area (Å²) < 4.78 is 7.70. The maximum Gasteiger partial charge on any atom is 0.320 e. The first-order valence-electron chi connectivity index (χ1n) is 10.4. The molecule has 1 aliphatic rings. The molecular formula is C20H32N6O3Si. The molecule has 2 heterocycles. The lowest BCUT2D eigenvalue weighted by atomic mass is 10.1. The predicted octanol–water partition coefficient (Wildman–Crippen LogP) is 2.78. The van der Waals surface area contributed by atoms with Crippen LogP contribution < -0.4 is 16.0 Å². The minimum absolute atomic E-state index is 0.0154. The first-order chi connectivity index (χ1) is 14.2. The van der Waals surface area contributed by atoms with E-state index in [2.05, 4.69) is 45.6 Å². The molecule has 30 heavy (non-hydrogen) atoms. The second-order valence-electron chi connectivity index (χ2n) is 9.02. The minimum atomic E-state index is -1.11. The van der Waals surface area contributed by atoms with Crippen LogP contribution in [0.4, 0.5) is 10.6 Å². The topological polar surface area (TPSA) is 110 Å². The number of amides is 3.